The summed E-state index contributed by atoms with van der Waals surface area (Å²) in [6, 6.07) is 12.6. The molecular formula is C27H24Cl2N6O3. The summed E-state index contributed by atoms with van der Waals surface area (Å²) in [6.07, 6.45) is 4.28. The van der Waals surface area contributed by atoms with Crippen LogP contribution in [0.5, 0.6) is 11.5 Å². The summed E-state index contributed by atoms with van der Waals surface area (Å²) in [5.41, 5.74) is 3.81. The first-order valence-corrected chi connectivity index (χ1v) is 12.1. The van der Waals surface area contributed by atoms with Crippen LogP contribution in [0.1, 0.15) is 5.56 Å². The predicted molar refractivity (Wildman–Crippen MR) is 151 cm³/mol. The Morgan fingerprint density at radius 3 is 2.37 bits per heavy atom. The highest BCUT2D eigenvalue weighted by molar-refractivity contribution is 6.41. The van der Waals surface area contributed by atoms with E-state index in [1.54, 1.807) is 30.5 Å². The van der Waals surface area contributed by atoms with Crippen LogP contribution < -0.4 is 25.4 Å². The summed E-state index contributed by atoms with van der Waals surface area (Å²) in [7, 11) is 3.01. The molecule has 4 rings (SSSR count). The number of ether oxygens (including phenoxy) is 2. The molecule has 4 aromatic rings. The van der Waals surface area contributed by atoms with Crippen LogP contribution in [0.3, 0.4) is 0 Å². The van der Waals surface area contributed by atoms with Crippen molar-refractivity contribution in [3.8, 4) is 22.8 Å². The lowest BCUT2D eigenvalue weighted by Crippen LogP contribution is -2.10. The lowest BCUT2D eigenvalue weighted by Gasteiger charge is -2.17. The first-order chi connectivity index (χ1) is 18.4. The van der Waals surface area contributed by atoms with Crippen molar-refractivity contribution < 1.29 is 14.3 Å². The Balaban J connectivity index is 1.71. The molecule has 194 valence electrons. The Hall–Kier alpha value is -4.34. The number of carbonyl (C=O) groups is 1. The van der Waals surface area contributed by atoms with Crippen molar-refractivity contribution in [1.29, 1.82) is 0 Å². The normalized spacial score (nSPS) is 10.4. The SMILES string of the molecule is C=CC(=O)Nc1cccc(C)c1Nc1cc(-c2cccnc2Nc2c(Cl)c(OC)cc(OC)c2Cl)ncn1. The summed E-state index contributed by atoms with van der Waals surface area (Å²) in [6.45, 7) is 5.43. The zero-order valence-corrected chi connectivity index (χ0v) is 22.3. The van der Waals surface area contributed by atoms with E-state index in [0.29, 0.717) is 51.5 Å². The predicted octanol–water partition coefficient (Wildman–Crippen LogP) is 6.78. The van der Waals surface area contributed by atoms with Crippen molar-refractivity contribution in [2.45, 2.75) is 6.92 Å². The molecule has 0 saturated heterocycles. The number of amides is 1. The monoisotopic (exact) mass is 550 g/mol. The minimum absolute atomic E-state index is 0.272. The first kappa shape index (κ1) is 26.7. The molecule has 0 unspecified atom stereocenters. The maximum absolute atomic E-state index is 11.9. The van der Waals surface area contributed by atoms with Crippen molar-refractivity contribution in [2.75, 3.05) is 30.2 Å². The second-order valence-electron chi connectivity index (χ2n) is 7.91. The van der Waals surface area contributed by atoms with E-state index in [1.807, 2.05) is 25.1 Å². The molecule has 0 fully saturated rings. The number of aromatic nitrogens is 3. The van der Waals surface area contributed by atoms with E-state index >= 15 is 0 Å². The number of hydrogen-bond donors (Lipinski definition) is 3. The van der Waals surface area contributed by atoms with Crippen molar-refractivity contribution in [2.24, 2.45) is 0 Å². The molecule has 0 bridgehead atoms. The van der Waals surface area contributed by atoms with Gasteiger partial charge in [0, 0.05) is 23.9 Å². The second-order valence-corrected chi connectivity index (χ2v) is 8.67. The van der Waals surface area contributed by atoms with Crippen molar-refractivity contribution >= 4 is 57.8 Å². The lowest BCUT2D eigenvalue weighted by molar-refractivity contribution is -0.111. The maximum atomic E-state index is 11.9. The van der Waals surface area contributed by atoms with Gasteiger partial charge in [-0.2, -0.15) is 0 Å². The third-order valence-corrected chi connectivity index (χ3v) is 6.29. The molecule has 11 heteroatoms. The number of benzene rings is 2. The van der Waals surface area contributed by atoms with Crippen LogP contribution in [-0.2, 0) is 4.79 Å². The van der Waals surface area contributed by atoms with E-state index in [0.717, 1.165) is 5.56 Å². The molecule has 0 aliphatic carbocycles. The minimum Gasteiger partial charge on any atom is -0.495 e. The van der Waals surface area contributed by atoms with Gasteiger partial charge in [0.05, 0.1) is 37.0 Å². The Kier molecular flexibility index (Phi) is 8.30. The van der Waals surface area contributed by atoms with Gasteiger partial charge in [0.15, 0.2) is 0 Å². The van der Waals surface area contributed by atoms with E-state index in [9.17, 15) is 4.79 Å². The topological polar surface area (TPSA) is 110 Å². The molecule has 3 N–H and O–H groups in total. The largest absolute Gasteiger partial charge is 0.495 e. The zero-order chi connectivity index (χ0) is 27.2. The van der Waals surface area contributed by atoms with Crippen LogP contribution in [0.2, 0.25) is 10.0 Å². The van der Waals surface area contributed by atoms with E-state index in [4.69, 9.17) is 32.7 Å². The third-order valence-electron chi connectivity index (χ3n) is 5.54. The number of anilines is 5. The molecule has 2 aromatic heterocycles. The highest BCUT2D eigenvalue weighted by Crippen LogP contribution is 2.45. The summed E-state index contributed by atoms with van der Waals surface area (Å²) < 4.78 is 10.7. The number of hydrogen-bond acceptors (Lipinski definition) is 8. The molecule has 0 atom stereocenters. The van der Waals surface area contributed by atoms with Gasteiger partial charge in [0.2, 0.25) is 5.91 Å². The maximum Gasteiger partial charge on any atom is 0.247 e. The Morgan fingerprint density at radius 1 is 0.947 bits per heavy atom. The van der Waals surface area contributed by atoms with Crippen molar-refractivity contribution in [3.63, 3.8) is 0 Å². The highest BCUT2D eigenvalue weighted by Gasteiger charge is 2.20. The molecule has 9 nitrogen and oxygen atoms in total. The standard InChI is InChI=1S/C27H24Cl2N6O3/c1-5-22(36)33-17-10-6-8-15(2)25(17)34-21-12-18(31-14-32-21)16-9-7-11-30-27(16)35-26-23(28)19(37-3)13-20(38-4)24(26)29/h5-14H,1H2,2-4H3,(H,30,35)(H,33,36)(H,31,32,34). The lowest BCUT2D eigenvalue weighted by atomic mass is 10.1. The fourth-order valence-electron chi connectivity index (χ4n) is 3.65. The number of nitrogens with zero attached hydrogens (tertiary/aromatic N) is 3. The van der Waals surface area contributed by atoms with E-state index in [-0.39, 0.29) is 16.0 Å². The van der Waals surface area contributed by atoms with Crippen LogP contribution >= 0.6 is 23.2 Å². The molecule has 38 heavy (non-hydrogen) atoms. The van der Waals surface area contributed by atoms with Crippen LogP contribution in [0.4, 0.5) is 28.7 Å². The van der Waals surface area contributed by atoms with Crippen LogP contribution in [0.25, 0.3) is 11.3 Å². The average Bonchev–Trinajstić information content (AvgIpc) is 2.93. The summed E-state index contributed by atoms with van der Waals surface area (Å²) >= 11 is 13.1. The van der Waals surface area contributed by atoms with Crippen LogP contribution in [0, 0.1) is 6.92 Å². The third kappa shape index (κ3) is 5.64. The molecule has 2 heterocycles. The fraction of sp³-hybridized carbons (Fsp3) is 0.111. The van der Waals surface area contributed by atoms with Gasteiger partial charge in [-0.15, -0.1) is 0 Å². The Morgan fingerprint density at radius 2 is 1.68 bits per heavy atom. The summed E-state index contributed by atoms with van der Waals surface area (Å²) in [5, 5.41) is 9.83. The quantitative estimate of drug-likeness (QED) is 0.195. The number of aryl methyl sites for hydroxylation is 1. The number of nitrogens with one attached hydrogen (secondary N) is 3. The van der Waals surface area contributed by atoms with Gasteiger partial charge in [-0.05, 0) is 36.8 Å². The van der Waals surface area contributed by atoms with Gasteiger partial charge in [-0.25, -0.2) is 15.0 Å². The number of halogens is 2. The summed E-state index contributed by atoms with van der Waals surface area (Å²) in [5.74, 6) is 1.41. The van der Waals surface area contributed by atoms with Gasteiger partial charge in [-0.3, -0.25) is 4.79 Å². The fourth-order valence-corrected chi connectivity index (χ4v) is 4.24. The molecule has 0 aliphatic rings. The van der Waals surface area contributed by atoms with Gasteiger partial charge < -0.3 is 25.4 Å². The number of pyridine rings is 1. The molecular weight excluding hydrogens is 527 g/mol. The molecule has 0 radical (unpaired) electrons. The Labute approximate surface area is 229 Å². The van der Waals surface area contributed by atoms with Crippen LogP contribution in [-0.4, -0.2) is 35.1 Å². The number of carbonyl (C=O) groups excluding carboxylic acids is 1. The Bertz CT molecular complexity index is 1480. The van der Waals surface area contributed by atoms with Gasteiger partial charge in [0.25, 0.3) is 0 Å². The van der Waals surface area contributed by atoms with Gasteiger partial charge >= 0.3 is 0 Å². The smallest absolute Gasteiger partial charge is 0.247 e. The molecule has 0 saturated carbocycles. The second kappa shape index (κ2) is 11.8. The van der Waals surface area contributed by atoms with Crippen LogP contribution in [0.15, 0.2) is 67.6 Å². The van der Waals surface area contributed by atoms with E-state index in [2.05, 4.69) is 37.5 Å². The molecule has 0 spiro atoms. The molecule has 0 aliphatic heterocycles. The highest BCUT2D eigenvalue weighted by atomic mass is 35.5. The zero-order valence-electron chi connectivity index (χ0n) is 20.8. The minimum atomic E-state index is -0.320. The van der Waals surface area contributed by atoms with Gasteiger partial charge in [-0.1, -0.05) is 41.9 Å². The first-order valence-electron chi connectivity index (χ1n) is 11.3. The van der Waals surface area contributed by atoms with Crippen molar-refractivity contribution in [3.05, 3.63) is 83.3 Å². The average molecular weight is 551 g/mol. The number of rotatable bonds is 9. The number of methoxy groups -OCH3 is 2. The van der Waals surface area contributed by atoms with Gasteiger partial charge in [0.1, 0.15) is 39.5 Å². The number of para-hydroxylation sites is 1. The van der Waals surface area contributed by atoms with E-state index < -0.39 is 0 Å². The van der Waals surface area contributed by atoms with E-state index in [1.165, 1.54) is 26.6 Å². The molecule has 1 amide bonds. The summed E-state index contributed by atoms with van der Waals surface area (Å²) in [4.78, 5) is 25.2. The van der Waals surface area contributed by atoms with Crippen molar-refractivity contribution in [1.82, 2.24) is 15.0 Å². The molecule has 2 aromatic carbocycles.